The fraction of sp³-hybridized carbons (Fsp3) is 0.158. The van der Waals surface area contributed by atoms with Gasteiger partial charge in [-0.05, 0) is 19.1 Å². The van der Waals surface area contributed by atoms with Crippen LogP contribution in [-0.4, -0.2) is 25.8 Å². The van der Waals surface area contributed by atoms with Crippen LogP contribution in [-0.2, 0) is 13.7 Å². The Hall–Kier alpha value is -3.53. The van der Waals surface area contributed by atoms with Gasteiger partial charge in [-0.3, -0.25) is 14.8 Å². The minimum absolute atomic E-state index is 0.0527. The highest BCUT2D eigenvalue weighted by atomic mass is 32.1. The number of para-hydroxylation sites is 1. The molecule has 0 aliphatic carbocycles. The van der Waals surface area contributed by atoms with Crippen LogP contribution in [0.15, 0.2) is 46.4 Å². The molecule has 0 saturated carbocycles. The predicted octanol–water partition coefficient (Wildman–Crippen LogP) is 3.81. The summed E-state index contributed by atoms with van der Waals surface area (Å²) in [5, 5.41) is 12.9. The van der Waals surface area contributed by atoms with Gasteiger partial charge in [-0.2, -0.15) is 5.10 Å². The number of nitrogens with one attached hydrogen (secondary N) is 1. The Labute approximate surface area is 168 Å². The fourth-order valence-corrected chi connectivity index (χ4v) is 3.27. The van der Waals surface area contributed by atoms with E-state index in [4.69, 9.17) is 9.26 Å². The topological polar surface area (TPSA) is 95.1 Å². The second kappa shape index (κ2) is 7.84. The van der Waals surface area contributed by atoms with Crippen LogP contribution in [0.2, 0.25) is 0 Å². The summed E-state index contributed by atoms with van der Waals surface area (Å²) < 4.78 is 25.8. The molecule has 0 aliphatic rings. The quantitative estimate of drug-likeness (QED) is 0.516. The average Bonchev–Trinajstić information content (AvgIpc) is 3.43. The van der Waals surface area contributed by atoms with Crippen molar-refractivity contribution >= 4 is 22.4 Å². The van der Waals surface area contributed by atoms with Crippen LogP contribution in [0.25, 0.3) is 11.3 Å². The molecule has 0 spiro atoms. The zero-order valence-corrected chi connectivity index (χ0v) is 16.4. The summed E-state index contributed by atoms with van der Waals surface area (Å²) in [6.07, 6.45) is 1.73. The van der Waals surface area contributed by atoms with Gasteiger partial charge >= 0.3 is 0 Å². The van der Waals surface area contributed by atoms with Gasteiger partial charge in [-0.1, -0.05) is 17.3 Å². The van der Waals surface area contributed by atoms with Crippen molar-refractivity contribution in [2.24, 2.45) is 7.05 Å². The lowest BCUT2D eigenvalue weighted by Crippen LogP contribution is -2.12. The molecule has 3 heterocycles. The van der Waals surface area contributed by atoms with Crippen molar-refractivity contribution in [1.82, 2.24) is 19.9 Å². The van der Waals surface area contributed by atoms with Gasteiger partial charge in [-0.25, -0.2) is 9.37 Å². The van der Waals surface area contributed by atoms with Gasteiger partial charge in [-0.15, -0.1) is 11.3 Å². The Morgan fingerprint density at radius 2 is 2.21 bits per heavy atom. The highest BCUT2D eigenvalue weighted by Crippen LogP contribution is 2.27. The summed E-state index contributed by atoms with van der Waals surface area (Å²) in [6.45, 7) is 1.89. The van der Waals surface area contributed by atoms with Crippen LogP contribution in [0.5, 0.6) is 5.75 Å². The SMILES string of the molecule is Cc1c(-c2csc(NC(=O)c3cc(COc4ccccc4F)on3)n2)cnn1C. The van der Waals surface area contributed by atoms with E-state index < -0.39 is 11.7 Å². The third kappa shape index (κ3) is 4.02. The molecule has 0 saturated heterocycles. The summed E-state index contributed by atoms with van der Waals surface area (Å²) in [6, 6.07) is 7.47. The molecule has 4 rings (SSSR count). The first-order chi connectivity index (χ1) is 14.0. The highest BCUT2D eigenvalue weighted by Gasteiger charge is 2.16. The summed E-state index contributed by atoms with van der Waals surface area (Å²) in [7, 11) is 1.85. The van der Waals surface area contributed by atoms with Crippen molar-refractivity contribution in [3.63, 3.8) is 0 Å². The van der Waals surface area contributed by atoms with Gasteiger partial charge in [0.15, 0.2) is 28.2 Å². The standard InChI is InChI=1S/C19H16FN5O3S/c1-11-13(8-21-25(11)2)16-10-29-19(22-16)23-18(26)15-7-12(28-24-15)9-27-17-6-4-3-5-14(17)20/h3-8,10H,9H2,1-2H3,(H,22,23,26). The van der Waals surface area contributed by atoms with Crippen LogP contribution in [0.1, 0.15) is 21.9 Å². The smallest absolute Gasteiger partial charge is 0.279 e. The van der Waals surface area contributed by atoms with Crippen molar-refractivity contribution in [2.45, 2.75) is 13.5 Å². The molecule has 4 aromatic rings. The van der Waals surface area contributed by atoms with Crippen LogP contribution >= 0.6 is 11.3 Å². The molecule has 3 aromatic heterocycles. The van der Waals surface area contributed by atoms with Crippen molar-refractivity contribution in [3.05, 3.63) is 64.9 Å². The molecule has 10 heteroatoms. The number of carbonyl (C=O) groups excluding carboxylic acids is 1. The Morgan fingerprint density at radius 1 is 1.38 bits per heavy atom. The number of carbonyl (C=O) groups is 1. The van der Waals surface area contributed by atoms with Gasteiger partial charge in [0.2, 0.25) is 0 Å². The molecular weight excluding hydrogens is 397 g/mol. The summed E-state index contributed by atoms with van der Waals surface area (Å²) in [5.74, 6) is -0.553. The summed E-state index contributed by atoms with van der Waals surface area (Å²) in [4.78, 5) is 16.8. The number of hydrogen-bond donors (Lipinski definition) is 1. The normalized spacial score (nSPS) is 10.9. The summed E-state index contributed by atoms with van der Waals surface area (Å²) in [5.41, 5.74) is 2.68. The van der Waals surface area contributed by atoms with E-state index in [1.54, 1.807) is 23.0 Å². The number of aromatic nitrogens is 4. The number of amides is 1. The number of rotatable bonds is 6. The van der Waals surface area contributed by atoms with Crippen molar-refractivity contribution in [3.8, 4) is 17.0 Å². The molecular formula is C19H16FN5O3S. The molecule has 0 atom stereocenters. The van der Waals surface area contributed by atoms with Crippen LogP contribution in [0, 0.1) is 12.7 Å². The molecule has 8 nitrogen and oxygen atoms in total. The molecule has 0 unspecified atom stereocenters. The van der Waals surface area contributed by atoms with Gasteiger partial charge in [0, 0.05) is 29.8 Å². The first-order valence-corrected chi connectivity index (χ1v) is 9.48. The molecule has 1 amide bonds. The second-order valence-corrected chi connectivity index (χ2v) is 7.01. The zero-order valence-electron chi connectivity index (χ0n) is 15.5. The molecule has 0 bridgehead atoms. The zero-order chi connectivity index (χ0) is 20.4. The van der Waals surface area contributed by atoms with Gasteiger partial charge < -0.3 is 9.26 Å². The number of hydrogen-bond acceptors (Lipinski definition) is 7. The van der Waals surface area contributed by atoms with Gasteiger partial charge in [0.05, 0.1) is 11.9 Å². The molecule has 0 aliphatic heterocycles. The van der Waals surface area contributed by atoms with E-state index in [0.29, 0.717) is 10.9 Å². The maximum Gasteiger partial charge on any atom is 0.279 e. The minimum Gasteiger partial charge on any atom is -0.482 e. The second-order valence-electron chi connectivity index (χ2n) is 6.16. The molecule has 0 radical (unpaired) electrons. The predicted molar refractivity (Wildman–Crippen MR) is 104 cm³/mol. The Kier molecular flexibility index (Phi) is 5.09. The van der Waals surface area contributed by atoms with Gasteiger partial charge in [0.25, 0.3) is 5.91 Å². The van der Waals surface area contributed by atoms with E-state index in [9.17, 15) is 9.18 Å². The molecule has 148 valence electrons. The van der Waals surface area contributed by atoms with Crippen molar-refractivity contribution in [2.75, 3.05) is 5.32 Å². The van der Waals surface area contributed by atoms with E-state index in [-0.39, 0.29) is 18.1 Å². The third-order valence-corrected chi connectivity index (χ3v) is 4.99. The Morgan fingerprint density at radius 3 is 2.97 bits per heavy atom. The monoisotopic (exact) mass is 413 g/mol. The van der Waals surface area contributed by atoms with E-state index >= 15 is 0 Å². The Bertz CT molecular complexity index is 1170. The largest absolute Gasteiger partial charge is 0.482 e. The highest BCUT2D eigenvalue weighted by molar-refractivity contribution is 7.14. The number of nitrogens with zero attached hydrogens (tertiary/aromatic N) is 4. The van der Waals surface area contributed by atoms with Crippen molar-refractivity contribution < 1.29 is 18.4 Å². The third-order valence-electron chi connectivity index (χ3n) is 4.23. The van der Waals surface area contributed by atoms with Gasteiger partial charge in [0.1, 0.15) is 6.61 Å². The molecule has 29 heavy (non-hydrogen) atoms. The lowest BCUT2D eigenvalue weighted by atomic mass is 10.2. The number of halogens is 1. The number of benzene rings is 1. The minimum atomic E-state index is -0.478. The van der Waals surface area contributed by atoms with Crippen LogP contribution < -0.4 is 10.1 Å². The lowest BCUT2D eigenvalue weighted by Gasteiger charge is -2.03. The molecule has 1 aromatic carbocycles. The average molecular weight is 413 g/mol. The van der Waals surface area contributed by atoms with Crippen LogP contribution in [0.4, 0.5) is 9.52 Å². The number of thiazole rings is 1. The number of ether oxygens (including phenoxy) is 1. The molecule has 0 fully saturated rings. The maximum atomic E-state index is 13.6. The first kappa shape index (κ1) is 18.8. The maximum absolute atomic E-state index is 13.6. The van der Waals surface area contributed by atoms with Crippen LogP contribution in [0.3, 0.4) is 0 Å². The number of aryl methyl sites for hydroxylation is 1. The fourth-order valence-electron chi connectivity index (χ4n) is 2.56. The Balaban J connectivity index is 1.39. The summed E-state index contributed by atoms with van der Waals surface area (Å²) >= 11 is 1.30. The first-order valence-electron chi connectivity index (χ1n) is 8.60. The van der Waals surface area contributed by atoms with Crippen molar-refractivity contribution in [1.29, 1.82) is 0 Å². The van der Waals surface area contributed by atoms with E-state index in [1.165, 1.54) is 29.5 Å². The van der Waals surface area contributed by atoms with E-state index in [1.807, 2.05) is 19.4 Å². The molecule has 1 N–H and O–H groups in total. The van der Waals surface area contributed by atoms with E-state index in [0.717, 1.165) is 17.0 Å². The lowest BCUT2D eigenvalue weighted by molar-refractivity contribution is 0.101. The number of anilines is 1. The van der Waals surface area contributed by atoms with E-state index in [2.05, 4.69) is 20.6 Å².